The number of hydrogen-bond donors (Lipinski definition) is 0. The van der Waals surface area contributed by atoms with Gasteiger partial charge in [-0.1, -0.05) is 28.6 Å². The van der Waals surface area contributed by atoms with Crippen molar-refractivity contribution in [3.8, 4) is 5.75 Å². The van der Waals surface area contributed by atoms with E-state index >= 15 is 0 Å². The third kappa shape index (κ3) is 1.84. The zero-order valence-electron chi connectivity index (χ0n) is 6.30. The molecule has 0 radical (unpaired) electrons. The standard InChI is InChI=1S/C9H9BrO/c1-3-7-6-8(10)4-5-9(7)11-2/h3-6H,1H2,2H3. The Bertz CT molecular complexity index is 268. The van der Waals surface area contributed by atoms with Gasteiger partial charge in [0.2, 0.25) is 0 Å². The zero-order valence-corrected chi connectivity index (χ0v) is 7.89. The highest BCUT2D eigenvalue weighted by Crippen LogP contribution is 2.23. The Balaban J connectivity index is 3.16. The molecule has 0 saturated heterocycles. The fourth-order valence-corrected chi connectivity index (χ4v) is 1.24. The van der Waals surface area contributed by atoms with Gasteiger partial charge < -0.3 is 4.74 Å². The molecule has 0 heterocycles. The van der Waals surface area contributed by atoms with Crippen LogP contribution in [-0.4, -0.2) is 7.11 Å². The molecule has 0 bridgehead atoms. The molecule has 1 aromatic rings. The van der Waals surface area contributed by atoms with Gasteiger partial charge in [0, 0.05) is 10.0 Å². The van der Waals surface area contributed by atoms with E-state index in [1.807, 2.05) is 18.2 Å². The minimum Gasteiger partial charge on any atom is -0.496 e. The van der Waals surface area contributed by atoms with Crippen molar-refractivity contribution in [2.45, 2.75) is 0 Å². The first-order valence-electron chi connectivity index (χ1n) is 3.24. The molecule has 0 aliphatic carbocycles. The number of halogens is 1. The van der Waals surface area contributed by atoms with Crippen LogP contribution in [0.1, 0.15) is 5.56 Å². The van der Waals surface area contributed by atoms with Crippen LogP contribution < -0.4 is 4.74 Å². The second-order valence-corrected chi connectivity index (χ2v) is 3.01. The summed E-state index contributed by atoms with van der Waals surface area (Å²) in [5.41, 5.74) is 1.00. The molecular formula is C9H9BrO. The van der Waals surface area contributed by atoms with Crippen LogP contribution in [0.5, 0.6) is 5.75 Å². The molecule has 58 valence electrons. The highest BCUT2D eigenvalue weighted by Gasteiger charge is 1.97. The third-order valence-corrected chi connectivity index (χ3v) is 1.90. The van der Waals surface area contributed by atoms with E-state index in [2.05, 4.69) is 22.5 Å². The normalized spacial score (nSPS) is 9.27. The number of hydrogen-bond acceptors (Lipinski definition) is 1. The number of rotatable bonds is 2. The molecule has 0 N–H and O–H groups in total. The molecule has 0 aliphatic rings. The lowest BCUT2D eigenvalue weighted by atomic mass is 10.2. The topological polar surface area (TPSA) is 9.23 Å². The summed E-state index contributed by atoms with van der Waals surface area (Å²) >= 11 is 3.36. The Morgan fingerprint density at radius 1 is 1.55 bits per heavy atom. The van der Waals surface area contributed by atoms with E-state index in [-0.39, 0.29) is 0 Å². The molecule has 1 nitrogen and oxygen atoms in total. The van der Waals surface area contributed by atoms with Crippen LogP contribution in [0, 0.1) is 0 Å². The van der Waals surface area contributed by atoms with Crippen LogP contribution in [-0.2, 0) is 0 Å². The van der Waals surface area contributed by atoms with Gasteiger partial charge >= 0.3 is 0 Å². The maximum Gasteiger partial charge on any atom is 0.126 e. The summed E-state index contributed by atoms with van der Waals surface area (Å²) in [4.78, 5) is 0. The highest BCUT2D eigenvalue weighted by atomic mass is 79.9. The van der Waals surface area contributed by atoms with E-state index in [9.17, 15) is 0 Å². The van der Waals surface area contributed by atoms with Gasteiger partial charge in [-0.2, -0.15) is 0 Å². The van der Waals surface area contributed by atoms with Gasteiger partial charge in [0.25, 0.3) is 0 Å². The van der Waals surface area contributed by atoms with Crippen molar-refractivity contribution in [1.82, 2.24) is 0 Å². The van der Waals surface area contributed by atoms with Crippen molar-refractivity contribution in [2.75, 3.05) is 7.11 Å². The van der Waals surface area contributed by atoms with Gasteiger partial charge in [-0.15, -0.1) is 0 Å². The molecular weight excluding hydrogens is 204 g/mol. The Hall–Kier alpha value is -0.760. The molecule has 0 atom stereocenters. The number of methoxy groups -OCH3 is 1. The first-order valence-corrected chi connectivity index (χ1v) is 4.03. The smallest absolute Gasteiger partial charge is 0.126 e. The molecule has 0 fully saturated rings. The molecule has 0 spiro atoms. The van der Waals surface area contributed by atoms with E-state index in [0.717, 1.165) is 15.8 Å². The van der Waals surface area contributed by atoms with Crippen LogP contribution in [0.2, 0.25) is 0 Å². The van der Waals surface area contributed by atoms with Gasteiger partial charge in [0.05, 0.1) is 7.11 Å². The molecule has 11 heavy (non-hydrogen) atoms. The molecule has 1 rings (SSSR count). The molecule has 0 aliphatic heterocycles. The van der Waals surface area contributed by atoms with E-state index in [1.165, 1.54) is 0 Å². The fraction of sp³-hybridized carbons (Fsp3) is 0.111. The van der Waals surface area contributed by atoms with Crippen molar-refractivity contribution >= 4 is 22.0 Å². The summed E-state index contributed by atoms with van der Waals surface area (Å²) in [5.74, 6) is 0.850. The lowest BCUT2D eigenvalue weighted by Crippen LogP contribution is -1.85. The van der Waals surface area contributed by atoms with Gasteiger partial charge in [-0.3, -0.25) is 0 Å². The Kier molecular flexibility index (Phi) is 2.71. The molecule has 2 heteroatoms. The summed E-state index contributed by atoms with van der Waals surface area (Å²) in [6, 6.07) is 5.80. The lowest BCUT2D eigenvalue weighted by molar-refractivity contribution is 0.414. The van der Waals surface area contributed by atoms with E-state index in [1.54, 1.807) is 13.2 Å². The van der Waals surface area contributed by atoms with Crippen LogP contribution in [0.4, 0.5) is 0 Å². The predicted molar refractivity (Wildman–Crippen MR) is 50.8 cm³/mol. The monoisotopic (exact) mass is 212 g/mol. The van der Waals surface area contributed by atoms with E-state index in [0.29, 0.717) is 0 Å². The van der Waals surface area contributed by atoms with Crippen LogP contribution in [0.3, 0.4) is 0 Å². The van der Waals surface area contributed by atoms with Crippen molar-refractivity contribution in [3.05, 3.63) is 34.8 Å². The Morgan fingerprint density at radius 2 is 2.27 bits per heavy atom. The van der Waals surface area contributed by atoms with E-state index < -0.39 is 0 Å². The lowest BCUT2D eigenvalue weighted by Gasteiger charge is -2.03. The molecule has 0 aromatic heterocycles. The second kappa shape index (κ2) is 3.58. The molecule has 0 saturated carbocycles. The number of ether oxygens (including phenoxy) is 1. The minimum absolute atomic E-state index is 0.850. The van der Waals surface area contributed by atoms with Crippen molar-refractivity contribution < 1.29 is 4.74 Å². The van der Waals surface area contributed by atoms with Crippen LogP contribution >= 0.6 is 15.9 Å². The highest BCUT2D eigenvalue weighted by molar-refractivity contribution is 9.10. The molecule has 0 unspecified atom stereocenters. The Morgan fingerprint density at radius 3 is 2.82 bits per heavy atom. The maximum absolute atomic E-state index is 5.10. The summed E-state index contributed by atoms with van der Waals surface area (Å²) in [6.45, 7) is 3.68. The van der Waals surface area contributed by atoms with Crippen LogP contribution in [0.25, 0.3) is 6.08 Å². The second-order valence-electron chi connectivity index (χ2n) is 2.09. The largest absolute Gasteiger partial charge is 0.496 e. The minimum atomic E-state index is 0.850. The first kappa shape index (κ1) is 8.34. The molecule has 0 amide bonds. The quantitative estimate of drug-likeness (QED) is 0.733. The van der Waals surface area contributed by atoms with Crippen molar-refractivity contribution in [2.24, 2.45) is 0 Å². The average molecular weight is 213 g/mol. The summed E-state index contributed by atoms with van der Waals surface area (Å²) < 4.78 is 6.13. The zero-order chi connectivity index (χ0) is 8.27. The Labute approximate surface area is 74.8 Å². The number of benzene rings is 1. The van der Waals surface area contributed by atoms with E-state index in [4.69, 9.17) is 4.74 Å². The fourth-order valence-electron chi connectivity index (χ4n) is 0.865. The van der Waals surface area contributed by atoms with Gasteiger partial charge in [0.1, 0.15) is 5.75 Å². The predicted octanol–water partition coefficient (Wildman–Crippen LogP) is 3.10. The summed E-state index contributed by atoms with van der Waals surface area (Å²) in [5, 5.41) is 0. The van der Waals surface area contributed by atoms with Gasteiger partial charge in [0.15, 0.2) is 0 Å². The maximum atomic E-state index is 5.10. The van der Waals surface area contributed by atoms with Crippen molar-refractivity contribution in [1.29, 1.82) is 0 Å². The van der Waals surface area contributed by atoms with Gasteiger partial charge in [-0.05, 0) is 18.2 Å². The van der Waals surface area contributed by atoms with Gasteiger partial charge in [-0.25, -0.2) is 0 Å². The summed E-state index contributed by atoms with van der Waals surface area (Å²) in [6.07, 6.45) is 1.77. The third-order valence-electron chi connectivity index (χ3n) is 1.41. The first-order chi connectivity index (χ1) is 5.27. The SMILES string of the molecule is C=Cc1cc(Br)ccc1OC. The molecule has 1 aromatic carbocycles. The van der Waals surface area contributed by atoms with Crippen molar-refractivity contribution in [3.63, 3.8) is 0 Å². The van der Waals surface area contributed by atoms with Crippen LogP contribution in [0.15, 0.2) is 29.3 Å². The summed E-state index contributed by atoms with van der Waals surface area (Å²) in [7, 11) is 1.65. The average Bonchev–Trinajstić information content (AvgIpc) is 2.04.